The highest BCUT2D eigenvalue weighted by Gasteiger charge is 2.65. The molecule has 8 heteroatoms. The lowest BCUT2D eigenvalue weighted by Crippen LogP contribution is -2.63. The van der Waals surface area contributed by atoms with Crippen molar-refractivity contribution in [2.45, 2.75) is 43.8 Å². The fraction of sp³-hybridized carbons (Fsp3) is 0.321. The van der Waals surface area contributed by atoms with Crippen LogP contribution in [-0.4, -0.2) is 54.6 Å². The SMILES string of the molecule is CC(=O)C1=C(O)[C@@]2(O)C(=O)C3=C(O)c4c(O)cccc4[C@H](CCc4ccccc4)[C@H]3[C@H](O)[C@H]2CC1=O. The van der Waals surface area contributed by atoms with Gasteiger partial charge in [-0.15, -0.1) is 0 Å². The minimum Gasteiger partial charge on any atom is -0.508 e. The Morgan fingerprint density at radius 2 is 1.72 bits per heavy atom. The maximum atomic E-state index is 13.8. The molecule has 36 heavy (non-hydrogen) atoms. The Morgan fingerprint density at radius 1 is 1.03 bits per heavy atom. The van der Waals surface area contributed by atoms with E-state index < -0.39 is 70.3 Å². The van der Waals surface area contributed by atoms with Gasteiger partial charge in [0.05, 0.1) is 11.7 Å². The van der Waals surface area contributed by atoms with Gasteiger partial charge in [-0.25, -0.2) is 0 Å². The zero-order valence-corrected chi connectivity index (χ0v) is 19.5. The van der Waals surface area contributed by atoms with Gasteiger partial charge in [0, 0.05) is 23.8 Å². The molecule has 1 fully saturated rings. The van der Waals surface area contributed by atoms with Crippen molar-refractivity contribution in [1.29, 1.82) is 0 Å². The summed E-state index contributed by atoms with van der Waals surface area (Å²) in [5.41, 5.74) is -2.23. The Kier molecular flexibility index (Phi) is 5.61. The standard InChI is InChI=1S/C28H26O8/c1-13(29)20-19(31)12-17-24(32)22-16(11-10-14-6-3-2-4-7-14)15-8-5-9-18(30)21(15)25(33)23(22)27(35)28(17,36)26(20)34/h2-9,16-17,22,24,30,32-34,36H,10-12H2,1H3/t16-,17+,22+,24+,28+/m0/s1. The van der Waals surface area contributed by atoms with E-state index in [2.05, 4.69) is 0 Å². The van der Waals surface area contributed by atoms with Gasteiger partial charge >= 0.3 is 0 Å². The van der Waals surface area contributed by atoms with Gasteiger partial charge < -0.3 is 25.5 Å². The number of aryl methyl sites for hydroxylation is 1. The summed E-state index contributed by atoms with van der Waals surface area (Å²) >= 11 is 0. The lowest BCUT2D eigenvalue weighted by atomic mass is 9.55. The molecule has 3 aliphatic carbocycles. The molecule has 2 aromatic carbocycles. The van der Waals surface area contributed by atoms with Gasteiger partial charge in [0.1, 0.15) is 22.8 Å². The number of rotatable bonds is 4. The number of hydrogen-bond donors (Lipinski definition) is 5. The average molecular weight is 491 g/mol. The predicted octanol–water partition coefficient (Wildman–Crippen LogP) is 2.67. The number of aromatic hydroxyl groups is 1. The third kappa shape index (κ3) is 3.25. The number of phenolic OH excluding ortho intramolecular Hbond substituents is 1. The number of hydrogen-bond acceptors (Lipinski definition) is 8. The normalized spacial score (nSPS) is 29.5. The molecule has 186 valence electrons. The maximum Gasteiger partial charge on any atom is 0.202 e. The number of benzene rings is 2. The predicted molar refractivity (Wildman–Crippen MR) is 128 cm³/mol. The second-order valence-electron chi connectivity index (χ2n) is 9.76. The fourth-order valence-corrected chi connectivity index (χ4v) is 6.19. The Hall–Kier alpha value is -3.75. The molecule has 5 rings (SSSR count). The molecule has 5 N–H and O–H groups in total. The van der Waals surface area contributed by atoms with Crippen molar-refractivity contribution < 1.29 is 39.9 Å². The number of carbonyl (C=O) groups excluding carboxylic acids is 3. The fourth-order valence-electron chi connectivity index (χ4n) is 6.19. The van der Waals surface area contributed by atoms with Crippen molar-refractivity contribution >= 4 is 23.1 Å². The zero-order chi connectivity index (χ0) is 25.9. The Bertz CT molecular complexity index is 1350. The van der Waals surface area contributed by atoms with E-state index in [1.807, 2.05) is 30.3 Å². The molecular formula is C28H26O8. The van der Waals surface area contributed by atoms with E-state index in [1.165, 1.54) is 6.07 Å². The minimum absolute atomic E-state index is 0.0200. The summed E-state index contributed by atoms with van der Waals surface area (Å²) in [4.78, 5) is 38.5. The number of aliphatic hydroxyl groups is 4. The summed E-state index contributed by atoms with van der Waals surface area (Å²) in [6.07, 6.45) is -1.06. The van der Waals surface area contributed by atoms with Gasteiger partial charge in [-0.2, -0.15) is 0 Å². The van der Waals surface area contributed by atoms with Crippen LogP contribution in [0.2, 0.25) is 0 Å². The molecule has 0 unspecified atom stereocenters. The lowest BCUT2D eigenvalue weighted by Gasteiger charge is -2.51. The molecule has 0 heterocycles. The topological polar surface area (TPSA) is 152 Å². The molecular weight excluding hydrogens is 464 g/mol. The van der Waals surface area contributed by atoms with Crippen LogP contribution in [-0.2, 0) is 20.8 Å². The molecule has 0 aromatic heterocycles. The van der Waals surface area contributed by atoms with Gasteiger partial charge in [-0.05, 0) is 42.9 Å². The highest BCUT2D eigenvalue weighted by Crippen LogP contribution is 2.56. The van der Waals surface area contributed by atoms with Gasteiger partial charge in [0.2, 0.25) is 5.78 Å². The second-order valence-corrected chi connectivity index (χ2v) is 9.76. The molecule has 0 bridgehead atoms. The zero-order valence-electron chi connectivity index (χ0n) is 19.5. The quantitative estimate of drug-likeness (QED) is 0.410. The Labute approximate surface area is 206 Å². The second kappa shape index (κ2) is 8.43. The summed E-state index contributed by atoms with van der Waals surface area (Å²) < 4.78 is 0. The van der Waals surface area contributed by atoms with E-state index in [0.29, 0.717) is 18.4 Å². The van der Waals surface area contributed by atoms with Crippen molar-refractivity contribution in [3.63, 3.8) is 0 Å². The number of phenols is 1. The van der Waals surface area contributed by atoms with Gasteiger partial charge in [0.25, 0.3) is 0 Å². The molecule has 3 aliphatic rings. The van der Waals surface area contributed by atoms with Crippen LogP contribution in [0.15, 0.2) is 65.4 Å². The van der Waals surface area contributed by atoms with Crippen LogP contribution in [0.25, 0.3) is 5.76 Å². The summed E-state index contributed by atoms with van der Waals surface area (Å²) in [6.45, 7) is 1.03. The maximum absolute atomic E-state index is 13.8. The first kappa shape index (κ1) is 24.0. The molecule has 0 saturated heterocycles. The van der Waals surface area contributed by atoms with Gasteiger partial charge in [-0.1, -0.05) is 42.5 Å². The molecule has 0 amide bonds. The summed E-state index contributed by atoms with van der Waals surface area (Å²) in [6, 6.07) is 14.2. The largest absolute Gasteiger partial charge is 0.508 e. The number of aliphatic hydroxyl groups excluding tert-OH is 3. The summed E-state index contributed by atoms with van der Waals surface area (Å²) in [5, 5.41) is 55.6. The third-order valence-electron chi connectivity index (χ3n) is 7.86. The average Bonchev–Trinajstić information content (AvgIpc) is 2.84. The van der Waals surface area contributed by atoms with E-state index in [9.17, 15) is 39.9 Å². The van der Waals surface area contributed by atoms with E-state index in [4.69, 9.17) is 0 Å². The number of allylic oxidation sites excluding steroid dienone is 1. The lowest BCUT2D eigenvalue weighted by molar-refractivity contribution is -0.161. The van der Waals surface area contributed by atoms with Crippen molar-refractivity contribution in [2.75, 3.05) is 0 Å². The van der Waals surface area contributed by atoms with Crippen molar-refractivity contribution in [3.05, 3.63) is 82.1 Å². The number of ketones is 3. The summed E-state index contributed by atoms with van der Waals surface area (Å²) in [5.74, 6) is -7.66. The first-order valence-corrected chi connectivity index (χ1v) is 11.8. The van der Waals surface area contributed by atoms with E-state index in [1.54, 1.807) is 12.1 Å². The van der Waals surface area contributed by atoms with Gasteiger partial charge in [0.15, 0.2) is 17.2 Å². The monoisotopic (exact) mass is 490 g/mol. The summed E-state index contributed by atoms with van der Waals surface area (Å²) in [7, 11) is 0. The number of carbonyl (C=O) groups is 3. The molecule has 2 aromatic rings. The smallest absolute Gasteiger partial charge is 0.202 e. The van der Waals surface area contributed by atoms with E-state index in [0.717, 1.165) is 12.5 Å². The minimum atomic E-state index is -2.76. The molecule has 0 aliphatic heterocycles. The molecule has 8 nitrogen and oxygen atoms in total. The van der Waals surface area contributed by atoms with E-state index in [-0.39, 0.29) is 16.9 Å². The number of Topliss-reactive ketones (excluding diaryl/α,β-unsaturated/α-hetero) is 3. The van der Waals surface area contributed by atoms with E-state index >= 15 is 0 Å². The van der Waals surface area contributed by atoms with Crippen molar-refractivity contribution in [1.82, 2.24) is 0 Å². The molecule has 0 spiro atoms. The molecule has 1 saturated carbocycles. The molecule has 0 radical (unpaired) electrons. The first-order valence-electron chi connectivity index (χ1n) is 11.8. The van der Waals surface area contributed by atoms with Crippen LogP contribution in [0.1, 0.15) is 42.4 Å². The third-order valence-corrected chi connectivity index (χ3v) is 7.86. The Morgan fingerprint density at radius 3 is 2.39 bits per heavy atom. The highest BCUT2D eigenvalue weighted by atomic mass is 16.4. The van der Waals surface area contributed by atoms with Crippen LogP contribution in [0.3, 0.4) is 0 Å². The number of fused-ring (bicyclic) bond motifs is 3. The first-order chi connectivity index (χ1) is 17.1. The van der Waals surface area contributed by atoms with Crippen LogP contribution in [0, 0.1) is 11.8 Å². The van der Waals surface area contributed by atoms with Crippen LogP contribution in [0.5, 0.6) is 5.75 Å². The van der Waals surface area contributed by atoms with Gasteiger partial charge in [-0.3, -0.25) is 14.4 Å². The van der Waals surface area contributed by atoms with Crippen LogP contribution >= 0.6 is 0 Å². The van der Waals surface area contributed by atoms with Crippen LogP contribution < -0.4 is 0 Å². The highest BCUT2D eigenvalue weighted by molar-refractivity contribution is 6.23. The molecule has 5 atom stereocenters. The van der Waals surface area contributed by atoms with Crippen LogP contribution in [0.4, 0.5) is 0 Å². The van der Waals surface area contributed by atoms with Crippen molar-refractivity contribution in [2.24, 2.45) is 11.8 Å². The van der Waals surface area contributed by atoms with Crippen molar-refractivity contribution in [3.8, 4) is 5.75 Å². The Balaban J connectivity index is 1.70.